The van der Waals surface area contributed by atoms with Gasteiger partial charge < -0.3 is 10.3 Å². The molecular weight excluding hydrogens is 352 g/mol. The first kappa shape index (κ1) is 19.5. The van der Waals surface area contributed by atoms with E-state index in [4.69, 9.17) is 0 Å². The molecule has 2 heterocycles. The maximum Gasteiger partial charge on any atom is 0.266 e. The molecule has 0 bridgehead atoms. The molecule has 144 valence electrons. The maximum atomic E-state index is 12.9. The van der Waals surface area contributed by atoms with Gasteiger partial charge in [-0.25, -0.2) is 0 Å². The average Bonchev–Trinajstić information content (AvgIpc) is 2.67. The Morgan fingerprint density at radius 2 is 1.93 bits per heavy atom. The van der Waals surface area contributed by atoms with Crippen molar-refractivity contribution in [1.82, 2.24) is 20.3 Å². The zero-order valence-corrected chi connectivity index (χ0v) is 16.3. The number of carbonyl (C=O) groups is 1. The number of pyridine rings is 1. The van der Waals surface area contributed by atoms with E-state index in [2.05, 4.69) is 41.0 Å². The van der Waals surface area contributed by atoms with Crippen molar-refractivity contribution in [3.05, 3.63) is 82.7 Å². The summed E-state index contributed by atoms with van der Waals surface area (Å²) in [6.45, 7) is 6.42. The van der Waals surface area contributed by atoms with E-state index in [1.165, 1.54) is 6.20 Å². The fourth-order valence-electron chi connectivity index (χ4n) is 3.04. The van der Waals surface area contributed by atoms with Gasteiger partial charge in [0.05, 0.1) is 24.1 Å². The van der Waals surface area contributed by atoms with Gasteiger partial charge >= 0.3 is 0 Å². The second-order valence-electron chi connectivity index (χ2n) is 7.97. The highest BCUT2D eigenvalue weighted by atomic mass is 16.1. The van der Waals surface area contributed by atoms with Crippen molar-refractivity contribution < 1.29 is 4.79 Å². The van der Waals surface area contributed by atoms with E-state index in [0.717, 1.165) is 17.5 Å². The standard InChI is InChI=1S/C22H24N4O2/c1-22(2,3)11-18(17-8-5-9-23-12-17)26-21(28)16-7-4-6-15(10-16)19-13-24-14-20(27)25-19/h4-10,12-14,18H,11H2,1-3H3,(H,25,27)(H,26,28)/t18-/m0/s1. The number of benzene rings is 1. The topological polar surface area (TPSA) is 87.7 Å². The molecular formula is C22H24N4O2. The lowest BCUT2D eigenvalue weighted by molar-refractivity contribution is 0.0926. The van der Waals surface area contributed by atoms with Crippen LogP contribution in [0.2, 0.25) is 0 Å². The van der Waals surface area contributed by atoms with Crippen molar-refractivity contribution >= 4 is 5.91 Å². The minimum atomic E-state index is -0.283. The van der Waals surface area contributed by atoms with E-state index in [1.54, 1.807) is 36.8 Å². The molecule has 1 aromatic carbocycles. The van der Waals surface area contributed by atoms with Gasteiger partial charge in [-0.2, -0.15) is 0 Å². The minimum absolute atomic E-state index is 0.0326. The Kier molecular flexibility index (Phi) is 5.68. The molecule has 6 heteroatoms. The van der Waals surface area contributed by atoms with Crippen molar-refractivity contribution in [2.75, 3.05) is 0 Å². The Balaban J connectivity index is 1.86. The number of hydrogen-bond acceptors (Lipinski definition) is 4. The van der Waals surface area contributed by atoms with Gasteiger partial charge in [0.2, 0.25) is 0 Å². The summed E-state index contributed by atoms with van der Waals surface area (Å²) in [6.07, 6.45) is 7.06. The third-order valence-corrected chi connectivity index (χ3v) is 4.30. The monoisotopic (exact) mass is 376 g/mol. The normalized spacial score (nSPS) is 12.4. The molecule has 28 heavy (non-hydrogen) atoms. The van der Waals surface area contributed by atoms with Gasteiger partial charge in [-0.1, -0.05) is 39.0 Å². The highest BCUT2D eigenvalue weighted by Crippen LogP contribution is 2.29. The molecule has 0 aliphatic rings. The lowest BCUT2D eigenvalue weighted by Gasteiger charge is -2.27. The highest BCUT2D eigenvalue weighted by molar-refractivity contribution is 5.95. The summed E-state index contributed by atoms with van der Waals surface area (Å²) in [5, 5.41) is 3.13. The number of H-pyrrole nitrogens is 1. The molecule has 1 atom stereocenters. The summed E-state index contributed by atoms with van der Waals surface area (Å²) in [5.41, 5.74) is 2.54. The zero-order chi connectivity index (χ0) is 20.1. The summed E-state index contributed by atoms with van der Waals surface area (Å²) in [4.78, 5) is 35.3. The third kappa shape index (κ3) is 5.13. The smallest absolute Gasteiger partial charge is 0.266 e. The largest absolute Gasteiger partial charge is 0.345 e. The molecule has 0 radical (unpaired) electrons. The molecule has 0 spiro atoms. The predicted molar refractivity (Wildman–Crippen MR) is 109 cm³/mol. The van der Waals surface area contributed by atoms with Gasteiger partial charge in [-0.15, -0.1) is 0 Å². The Bertz CT molecular complexity index is 1010. The SMILES string of the molecule is CC(C)(C)C[C@H](NC(=O)c1cccc(-c2cncc(=O)[nH]2)c1)c1cccnc1. The van der Waals surface area contributed by atoms with Crippen LogP contribution in [0, 0.1) is 5.41 Å². The predicted octanol–water partition coefficient (Wildman–Crippen LogP) is 3.74. The number of aromatic amines is 1. The number of hydrogen-bond donors (Lipinski definition) is 2. The zero-order valence-electron chi connectivity index (χ0n) is 16.3. The first-order valence-electron chi connectivity index (χ1n) is 9.17. The van der Waals surface area contributed by atoms with Gasteiger partial charge in [0.15, 0.2) is 0 Å². The van der Waals surface area contributed by atoms with Gasteiger partial charge in [0.25, 0.3) is 11.5 Å². The van der Waals surface area contributed by atoms with Crippen molar-refractivity contribution in [3.8, 4) is 11.3 Å². The van der Waals surface area contributed by atoms with Crippen LogP contribution in [0.25, 0.3) is 11.3 Å². The summed E-state index contributed by atoms with van der Waals surface area (Å²) in [7, 11) is 0. The molecule has 3 aromatic rings. The van der Waals surface area contributed by atoms with E-state index in [1.807, 2.05) is 18.2 Å². The van der Waals surface area contributed by atoms with E-state index in [-0.39, 0.29) is 22.9 Å². The van der Waals surface area contributed by atoms with E-state index in [9.17, 15) is 9.59 Å². The fourth-order valence-corrected chi connectivity index (χ4v) is 3.04. The van der Waals surface area contributed by atoms with Crippen LogP contribution in [0.5, 0.6) is 0 Å². The van der Waals surface area contributed by atoms with Gasteiger partial charge in [-0.05, 0) is 35.6 Å². The number of nitrogens with zero attached hydrogens (tertiary/aromatic N) is 2. The van der Waals surface area contributed by atoms with Crippen molar-refractivity contribution in [3.63, 3.8) is 0 Å². The second kappa shape index (κ2) is 8.17. The summed E-state index contributed by atoms with van der Waals surface area (Å²) >= 11 is 0. The molecule has 3 rings (SSSR count). The second-order valence-corrected chi connectivity index (χ2v) is 7.97. The van der Waals surface area contributed by atoms with Crippen LogP contribution in [0.1, 0.15) is 49.2 Å². The summed E-state index contributed by atoms with van der Waals surface area (Å²) in [5.74, 6) is -0.175. The van der Waals surface area contributed by atoms with Crippen LogP contribution in [0.4, 0.5) is 0 Å². The van der Waals surface area contributed by atoms with Crippen molar-refractivity contribution in [1.29, 1.82) is 0 Å². The molecule has 0 saturated carbocycles. The Labute approximate surface area is 164 Å². The third-order valence-electron chi connectivity index (χ3n) is 4.30. The van der Waals surface area contributed by atoms with E-state index in [0.29, 0.717) is 11.3 Å². The lowest BCUT2D eigenvalue weighted by atomic mass is 9.85. The molecule has 2 aromatic heterocycles. The molecule has 0 aliphatic carbocycles. The van der Waals surface area contributed by atoms with E-state index < -0.39 is 0 Å². The lowest BCUT2D eigenvalue weighted by Crippen LogP contribution is -2.31. The van der Waals surface area contributed by atoms with Crippen LogP contribution in [0.3, 0.4) is 0 Å². The number of nitrogens with one attached hydrogen (secondary N) is 2. The molecule has 0 aliphatic heterocycles. The average molecular weight is 376 g/mol. The Morgan fingerprint density at radius 3 is 2.61 bits per heavy atom. The van der Waals surface area contributed by atoms with Crippen molar-refractivity contribution in [2.24, 2.45) is 5.41 Å². The van der Waals surface area contributed by atoms with Crippen LogP contribution in [-0.2, 0) is 0 Å². The number of amides is 1. The molecule has 0 saturated heterocycles. The fraction of sp³-hybridized carbons (Fsp3) is 0.273. The summed E-state index contributed by atoms with van der Waals surface area (Å²) < 4.78 is 0. The van der Waals surface area contributed by atoms with Gasteiger partial charge in [-0.3, -0.25) is 19.6 Å². The van der Waals surface area contributed by atoms with Crippen LogP contribution < -0.4 is 10.9 Å². The number of rotatable bonds is 5. The Morgan fingerprint density at radius 1 is 1.11 bits per heavy atom. The van der Waals surface area contributed by atoms with Gasteiger partial charge in [0, 0.05) is 23.5 Å². The van der Waals surface area contributed by atoms with Crippen LogP contribution in [0.15, 0.2) is 66.0 Å². The molecule has 6 nitrogen and oxygen atoms in total. The molecule has 2 N–H and O–H groups in total. The minimum Gasteiger partial charge on any atom is -0.345 e. The van der Waals surface area contributed by atoms with E-state index >= 15 is 0 Å². The molecule has 0 unspecified atom stereocenters. The molecule has 0 fully saturated rings. The first-order chi connectivity index (χ1) is 13.3. The van der Waals surface area contributed by atoms with Crippen molar-refractivity contribution in [2.45, 2.75) is 33.2 Å². The molecule has 1 amide bonds. The number of aromatic nitrogens is 3. The summed E-state index contributed by atoms with van der Waals surface area (Å²) in [6, 6.07) is 10.8. The van der Waals surface area contributed by atoms with Crippen LogP contribution >= 0.6 is 0 Å². The Hall–Kier alpha value is -3.28. The quantitative estimate of drug-likeness (QED) is 0.710. The maximum absolute atomic E-state index is 12.9. The highest BCUT2D eigenvalue weighted by Gasteiger charge is 2.23. The number of carbonyl (C=O) groups excluding carboxylic acids is 1. The first-order valence-corrected chi connectivity index (χ1v) is 9.17. The van der Waals surface area contributed by atoms with Crippen LogP contribution in [-0.4, -0.2) is 20.9 Å². The van der Waals surface area contributed by atoms with Gasteiger partial charge in [0.1, 0.15) is 0 Å².